The largest absolute Gasteiger partial charge is 0.439 e. The van der Waals surface area contributed by atoms with E-state index in [1.807, 2.05) is 0 Å². The number of aryl methyl sites for hydroxylation is 1. The van der Waals surface area contributed by atoms with Gasteiger partial charge < -0.3 is 10.1 Å². The zero-order valence-corrected chi connectivity index (χ0v) is 10.9. The second kappa shape index (κ2) is 5.52. The van der Waals surface area contributed by atoms with Crippen LogP contribution >= 0.6 is 0 Å². The van der Waals surface area contributed by atoms with Crippen molar-refractivity contribution in [2.45, 2.75) is 6.92 Å². The molecule has 0 fully saturated rings. The molecule has 0 saturated carbocycles. The average molecular weight is 277 g/mol. The lowest BCUT2D eigenvalue weighted by Crippen LogP contribution is -2.00. The molecule has 0 unspecified atom stereocenters. The first-order valence-corrected chi connectivity index (χ1v) is 5.78. The third-order valence-electron chi connectivity index (χ3n) is 2.65. The monoisotopic (exact) mass is 277 g/mol. The van der Waals surface area contributed by atoms with Crippen LogP contribution in [0, 0.1) is 22.9 Å². The highest BCUT2D eigenvalue weighted by molar-refractivity contribution is 5.56. The zero-order chi connectivity index (χ0) is 14.7. The van der Waals surface area contributed by atoms with Gasteiger partial charge in [0.1, 0.15) is 11.6 Å². The van der Waals surface area contributed by atoms with Gasteiger partial charge in [0.2, 0.25) is 11.7 Å². The van der Waals surface area contributed by atoms with Crippen molar-refractivity contribution in [3.63, 3.8) is 0 Å². The predicted molar refractivity (Wildman–Crippen MR) is 71.6 cm³/mol. The van der Waals surface area contributed by atoms with E-state index in [0.29, 0.717) is 5.56 Å². The van der Waals surface area contributed by atoms with Crippen LogP contribution < -0.4 is 10.1 Å². The fourth-order valence-electron chi connectivity index (χ4n) is 1.58. The smallest absolute Gasteiger partial charge is 0.311 e. The van der Waals surface area contributed by atoms with Gasteiger partial charge in [-0.2, -0.15) is 4.98 Å². The predicted octanol–water partition coefficient (Wildman–Crippen LogP) is 3.27. The molecule has 0 saturated heterocycles. The first kappa shape index (κ1) is 13.7. The number of nitro groups is 1. The van der Waals surface area contributed by atoms with Crippen LogP contribution in [0.3, 0.4) is 0 Å². The number of aromatic nitrogens is 1. The normalized spacial score (nSPS) is 10.2. The van der Waals surface area contributed by atoms with Gasteiger partial charge in [-0.3, -0.25) is 10.1 Å². The summed E-state index contributed by atoms with van der Waals surface area (Å²) in [6, 6.07) is 7.04. The third-order valence-corrected chi connectivity index (χ3v) is 2.65. The van der Waals surface area contributed by atoms with E-state index in [2.05, 4.69) is 10.3 Å². The number of pyridine rings is 1. The maximum Gasteiger partial charge on any atom is 0.311 e. The van der Waals surface area contributed by atoms with Gasteiger partial charge in [0, 0.05) is 25.2 Å². The lowest BCUT2D eigenvalue weighted by atomic mass is 10.2. The Kier molecular flexibility index (Phi) is 3.79. The van der Waals surface area contributed by atoms with Crippen molar-refractivity contribution < 1.29 is 14.1 Å². The van der Waals surface area contributed by atoms with Crippen LogP contribution in [0.15, 0.2) is 30.3 Å². The Morgan fingerprint density at radius 2 is 2.10 bits per heavy atom. The Bertz CT molecular complexity index is 661. The van der Waals surface area contributed by atoms with E-state index in [4.69, 9.17) is 4.74 Å². The van der Waals surface area contributed by atoms with Crippen molar-refractivity contribution in [2.75, 3.05) is 12.4 Å². The van der Waals surface area contributed by atoms with E-state index in [1.54, 1.807) is 19.1 Å². The maximum absolute atomic E-state index is 13.4. The Morgan fingerprint density at radius 1 is 1.35 bits per heavy atom. The summed E-state index contributed by atoms with van der Waals surface area (Å²) in [5.41, 5.74) is 0.347. The standard InChI is InChI=1S/C13H12FN3O3/c1-8-3-4-9(7-10(8)14)20-12-6-5-11(17(18)19)13(15-2)16-12/h3-7H,1-2H3,(H,15,16). The van der Waals surface area contributed by atoms with Crippen LogP contribution in [0.5, 0.6) is 11.6 Å². The Morgan fingerprint density at radius 3 is 2.70 bits per heavy atom. The summed E-state index contributed by atoms with van der Waals surface area (Å²) < 4.78 is 18.8. The van der Waals surface area contributed by atoms with Crippen LogP contribution in [-0.4, -0.2) is 17.0 Å². The lowest BCUT2D eigenvalue weighted by molar-refractivity contribution is -0.384. The molecule has 20 heavy (non-hydrogen) atoms. The molecule has 1 N–H and O–H groups in total. The van der Waals surface area contributed by atoms with Crippen LogP contribution in [0.1, 0.15) is 5.56 Å². The van der Waals surface area contributed by atoms with Gasteiger partial charge in [-0.15, -0.1) is 0 Å². The molecule has 6 nitrogen and oxygen atoms in total. The van der Waals surface area contributed by atoms with Gasteiger partial charge in [0.15, 0.2) is 0 Å². The highest BCUT2D eigenvalue weighted by Gasteiger charge is 2.15. The Balaban J connectivity index is 2.29. The van der Waals surface area contributed by atoms with Crippen molar-refractivity contribution in [1.82, 2.24) is 4.98 Å². The van der Waals surface area contributed by atoms with Crippen LogP contribution in [-0.2, 0) is 0 Å². The van der Waals surface area contributed by atoms with Gasteiger partial charge in [0.05, 0.1) is 4.92 Å². The van der Waals surface area contributed by atoms with E-state index in [9.17, 15) is 14.5 Å². The van der Waals surface area contributed by atoms with Gasteiger partial charge in [-0.25, -0.2) is 4.39 Å². The summed E-state index contributed by atoms with van der Waals surface area (Å²) in [6.45, 7) is 1.64. The molecule has 7 heteroatoms. The minimum absolute atomic E-state index is 0.0834. The number of nitrogens with zero attached hydrogens (tertiary/aromatic N) is 2. The number of rotatable bonds is 4. The molecule has 0 radical (unpaired) electrons. The molecular weight excluding hydrogens is 265 g/mol. The minimum Gasteiger partial charge on any atom is -0.439 e. The summed E-state index contributed by atoms with van der Waals surface area (Å²) in [4.78, 5) is 14.2. The van der Waals surface area contributed by atoms with Crippen LogP contribution in [0.4, 0.5) is 15.9 Å². The van der Waals surface area contributed by atoms with Gasteiger partial charge in [-0.1, -0.05) is 6.07 Å². The molecule has 0 spiro atoms. The molecule has 0 aliphatic rings. The summed E-state index contributed by atoms with van der Waals surface area (Å²) in [6.07, 6.45) is 0. The topological polar surface area (TPSA) is 77.3 Å². The fraction of sp³-hybridized carbons (Fsp3) is 0.154. The summed E-state index contributed by atoms with van der Waals surface area (Å²) in [5.74, 6) is 0.109. The molecular formula is C13H12FN3O3. The number of anilines is 1. The number of hydrogen-bond donors (Lipinski definition) is 1. The van der Waals surface area contributed by atoms with Crippen LogP contribution in [0.2, 0.25) is 0 Å². The Hall–Kier alpha value is -2.70. The molecule has 1 aromatic heterocycles. The number of nitrogens with one attached hydrogen (secondary N) is 1. The van der Waals surface area contributed by atoms with E-state index in [1.165, 1.54) is 25.2 Å². The van der Waals surface area contributed by atoms with Crippen molar-refractivity contribution in [2.24, 2.45) is 0 Å². The SMILES string of the molecule is CNc1nc(Oc2ccc(C)c(F)c2)ccc1[N+](=O)[O-]. The van der Waals surface area contributed by atoms with Crippen molar-refractivity contribution >= 4 is 11.5 Å². The third kappa shape index (κ3) is 2.82. The first-order valence-electron chi connectivity index (χ1n) is 5.78. The lowest BCUT2D eigenvalue weighted by Gasteiger charge is -2.07. The van der Waals surface area contributed by atoms with E-state index >= 15 is 0 Å². The number of hydrogen-bond acceptors (Lipinski definition) is 5. The second-order valence-corrected chi connectivity index (χ2v) is 4.04. The molecule has 2 aromatic rings. The van der Waals surface area contributed by atoms with Crippen molar-refractivity contribution in [3.8, 4) is 11.6 Å². The summed E-state index contributed by atoms with van der Waals surface area (Å²) in [5, 5.41) is 13.4. The molecule has 0 aliphatic heterocycles. The molecule has 0 bridgehead atoms. The van der Waals surface area contributed by atoms with Crippen LogP contribution in [0.25, 0.3) is 0 Å². The quantitative estimate of drug-likeness (QED) is 0.685. The molecule has 1 aromatic carbocycles. The summed E-state index contributed by atoms with van der Waals surface area (Å²) >= 11 is 0. The highest BCUT2D eigenvalue weighted by Crippen LogP contribution is 2.27. The molecule has 1 heterocycles. The highest BCUT2D eigenvalue weighted by atomic mass is 19.1. The van der Waals surface area contributed by atoms with E-state index in [0.717, 1.165) is 0 Å². The number of ether oxygens (including phenoxy) is 1. The average Bonchev–Trinajstić information content (AvgIpc) is 2.42. The Labute approximate surface area is 114 Å². The molecule has 0 atom stereocenters. The fourth-order valence-corrected chi connectivity index (χ4v) is 1.58. The van der Waals surface area contributed by atoms with Gasteiger partial charge >= 0.3 is 5.69 Å². The molecule has 104 valence electrons. The zero-order valence-electron chi connectivity index (χ0n) is 10.9. The second-order valence-electron chi connectivity index (χ2n) is 4.04. The number of halogens is 1. The van der Waals surface area contributed by atoms with E-state index in [-0.39, 0.29) is 23.1 Å². The number of benzene rings is 1. The van der Waals surface area contributed by atoms with Gasteiger partial charge in [0.25, 0.3) is 0 Å². The molecule has 0 aliphatic carbocycles. The first-order chi connectivity index (χ1) is 9.51. The summed E-state index contributed by atoms with van der Waals surface area (Å²) in [7, 11) is 1.52. The van der Waals surface area contributed by atoms with Gasteiger partial charge in [-0.05, 0) is 18.6 Å². The molecule has 2 rings (SSSR count). The van der Waals surface area contributed by atoms with Crippen molar-refractivity contribution in [3.05, 3.63) is 51.8 Å². The minimum atomic E-state index is -0.547. The maximum atomic E-state index is 13.4. The van der Waals surface area contributed by atoms with E-state index < -0.39 is 10.7 Å². The molecule has 0 amide bonds. The van der Waals surface area contributed by atoms with Crippen molar-refractivity contribution in [1.29, 1.82) is 0 Å².